The molecule has 5 heteroatoms. The van der Waals surface area contributed by atoms with Crippen LogP contribution >= 0.6 is 0 Å². The highest BCUT2D eigenvalue weighted by Crippen LogP contribution is 2.39. The van der Waals surface area contributed by atoms with E-state index < -0.39 is 11.5 Å². The van der Waals surface area contributed by atoms with Crippen molar-refractivity contribution >= 4 is 11.9 Å². The summed E-state index contributed by atoms with van der Waals surface area (Å²) in [5, 5.41) is 12.2. The molecule has 0 spiro atoms. The Labute approximate surface area is 117 Å². The van der Waals surface area contributed by atoms with E-state index in [2.05, 4.69) is 10.3 Å². The molecule has 2 fully saturated rings. The summed E-state index contributed by atoms with van der Waals surface area (Å²) in [5.41, 5.74) is 0.474. The fourth-order valence-electron chi connectivity index (χ4n) is 3.01. The van der Waals surface area contributed by atoms with Crippen molar-refractivity contribution < 1.29 is 14.7 Å². The van der Waals surface area contributed by atoms with Crippen molar-refractivity contribution in [3.8, 4) is 0 Å². The zero-order chi connectivity index (χ0) is 14.2. The lowest BCUT2D eigenvalue weighted by molar-refractivity contribution is -0.145. The largest absolute Gasteiger partial charge is 0.480 e. The zero-order valence-electron chi connectivity index (χ0n) is 11.4. The number of H-pyrrole nitrogens is 1. The van der Waals surface area contributed by atoms with Crippen molar-refractivity contribution in [3.05, 3.63) is 23.5 Å². The zero-order valence-corrected chi connectivity index (χ0v) is 11.4. The van der Waals surface area contributed by atoms with Crippen LogP contribution in [-0.2, 0) is 4.79 Å². The molecule has 3 N–H and O–H groups in total. The first-order valence-electron chi connectivity index (χ1n) is 7.35. The van der Waals surface area contributed by atoms with Crippen LogP contribution in [0.4, 0.5) is 0 Å². The first-order chi connectivity index (χ1) is 9.61. The van der Waals surface area contributed by atoms with Gasteiger partial charge in [0, 0.05) is 5.69 Å². The van der Waals surface area contributed by atoms with E-state index in [4.69, 9.17) is 0 Å². The molecular weight excluding hydrogens is 256 g/mol. The summed E-state index contributed by atoms with van der Waals surface area (Å²) in [5.74, 6) is -0.666. The van der Waals surface area contributed by atoms with Crippen molar-refractivity contribution in [2.75, 3.05) is 0 Å². The summed E-state index contributed by atoms with van der Waals surface area (Å²) < 4.78 is 0. The van der Waals surface area contributed by atoms with Crippen LogP contribution in [0.3, 0.4) is 0 Å². The molecule has 2 saturated carbocycles. The number of carbonyl (C=O) groups is 2. The van der Waals surface area contributed by atoms with Crippen LogP contribution in [0.2, 0.25) is 0 Å². The number of carboxylic acid groups (broad SMARTS) is 1. The van der Waals surface area contributed by atoms with Gasteiger partial charge in [0.15, 0.2) is 0 Å². The summed E-state index contributed by atoms with van der Waals surface area (Å²) in [6.45, 7) is 0. The van der Waals surface area contributed by atoms with Crippen LogP contribution in [0, 0.1) is 0 Å². The lowest BCUT2D eigenvalue weighted by Gasteiger charge is -2.33. The number of aromatic amines is 1. The van der Waals surface area contributed by atoms with E-state index in [1.54, 1.807) is 6.07 Å². The third-order valence-electron chi connectivity index (χ3n) is 4.44. The minimum atomic E-state index is -1.08. The highest BCUT2D eigenvalue weighted by Gasteiger charge is 2.41. The molecule has 2 aliphatic rings. The number of nitrogens with one attached hydrogen (secondary N) is 2. The molecular formula is C15H20N2O3. The van der Waals surface area contributed by atoms with Crippen LogP contribution < -0.4 is 5.32 Å². The SMILES string of the molecule is O=C(NC1(C(=O)O)CCCCC1)c1ccc(C2CC2)[nH]1. The molecule has 0 aromatic carbocycles. The van der Waals surface area contributed by atoms with Gasteiger partial charge < -0.3 is 15.4 Å². The van der Waals surface area contributed by atoms with E-state index in [1.165, 1.54) is 12.8 Å². The van der Waals surface area contributed by atoms with Crippen molar-refractivity contribution in [1.29, 1.82) is 0 Å². The van der Waals surface area contributed by atoms with Gasteiger partial charge in [-0.1, -0.05) is 19.3 Å². The summed E-state index contributed by atoms with van der Waals surface area (Å²) in [4.78, 5) is 26.9. The Kier molecular flexibility index (Phi) is 3.28. The molecule has 2 aliphatic carbocycles. The highest BCUT2D eigenvalue weighted by atomic mass is 16.4. The van der Waals surface area contributed by atoms with E-state index >= 15 is 0 Å². The van der Waals surface area contributed by atoms with E-state index in [1.807, 2.05) is 6.07 Å². The van der Waals surface area contributed by atoms with Crippen molar-refractivity contribution in [2.24, 2.45) is 0 Å². The van der Waals surface area contributed by atoms with Gasteiger partial charge in [0.25, 0.3) is 5.91 Å². The number of rotatable bonds is 4. The first kappa shape index (κ1) is 13.2. The van der Waals surface area contributed by atoms with Crippen molar-refractivity contribution in [2.45, 2.75) is 56.4 Å². The van der Waals surface area contributed by atoms with Crippen LogP contribution in [0.15, 0.2) is 12.1 Å². The van der Waals surface area contributed by atoms with Gasteiger partial charge in [-0.05, 0) is 43.7 Å². The summed E-state index contributed by atoms with van der Waals surface area (Å²) in [6, 6.07) is 3.68. The van der Waals surface area contributed by atoms with Crippen molar-refractivity contribution in [1.82, 2.24) is 10.3 Å². The van der Waals surface area contributed by atoms with E-state index in [0.717, 1.165) is 25.0 Å². The summed E-state index contributed by atoms with van der Waals surface area (Å²) in [6.07, 6.45) is 6.12. The number of hydrogen-bond donors (Lipinski definition) is 3. The fourth-order valence-corrected chi connectivity index (χ4v) is 3.01. The van der Waals surface area contributed by atoms with Crippen LogP contribution in [0.5, 0.6) is 0 Å². The molecule has 20 heavy (non-hydrogen) atoms. The third kappa shape index (κ3) is 2.44. The van der Waals surface area contributed by atoms with Gasteiger partial charge in [-0.3, -0.25) is 4.79 Å². The number of aromatic nitrogens is 1. The number of aliphatic carboxylic acids is 1. The second-order valence-electron chi connectivity index (χ2n) is 6.00. The number of carboxylic acids is 1. The van der Waals surface area contributed by atoms with Gasteiger partial charge in [0.1, 0.15) is 11.2 Å². The van der Waals surface area contributed by atoms with Gasteiger partial charge in [0.05, 0.1) is 0 Å². The molecule has 1 heterocycles. The average Bonchev–Trinajstić information content (AvgIpc) is 3.17. The van der Waals surface area contributed by atoms with Gasteiger partial charge in [-0.25, -0.2) is 4.79 Å². The van der Waals surface area contributed by atoms with E-state index in [9.17, 15) is 14.7 Å². The molecule has 108 valence electrons. The molecule has 1 aromatic rings. The maximum Gasteiger partial charge on any atom is 0.329 e. The Morgan fingerprint density at radius 3 is 2.50 bits per heavy atom. The van der Waals surface area contributed by atoms with Crippen LogP contribution in [0.25, 0.3) is 0 Å². The smallest absolute Gasteiger partial charge is 0.329 e. The molecule has 5 nitrogen and oxygen atoms in total. The summed E-state index contributed by atoms with van der Waals surface area (Å²) in [7, 11) is 0. The molecule has 0 aliphatic heterocycles. The summed E-state index contributed by atoms with van der Waals surface area (Å²) >= 11 is 0. The second kappa shape index (κ2) is 4.96. The highest BCUT2D eigenvalue weighted by molar-refractivity contribution is 5.96. The number of carbonyl (C=O) groups excluding carboxylic acids is 1. The molecule has 1 aromatic heterocycles. The van der Waals surface area contributed by atoms with Gasteiger partial charge in [0.2, 0.25) is 0 Å². The Bertz CT molecular complexity index is 525. The number of amides is 1. The Morgan fingerprint density at radius 1 is 1.20 bits per heavy atom. The lowest BCUT2D eigenvalue weighted by Crippen LogP contribution is -2.55. The average molecular weight is 276 g/mol. The molecule has 0 bridgehead atoms. The molecule has 0 unspecified atom stereocenters. The first-order valence-corrected chi connectivity index (χ1v) is 7.35. The second-order valence-corrected chi connectivity index (χ2v) is 6.00. The Hall–Kier alpha value is -1.78. The van der Waals surface area contributed by atoms with E-state index in [-0.39, 0.29) is 5.91 Å². The van der Waals surface area contributed by atoms with Crippen LogP contribution in [0.1, 0.15) is 67.0 Å². The van der Waals surface area contributed by atoms with Crippen LogP contribution in [-0.4, -0.2) is 27.5 Å². The third-order valence-corrected chi connectivity index (χ3v) is 4.44. The Morgan fingerprint density at radius 2 is 1.90 bits per heavy atom. The minimum Gasteiger partial charge on any atom is -0.480 e. The van der Waals surface area contributed by atoms with E-state index in [0.29, 0.717) is 24.5 Å². The monoisotopic (exact) mass is 276 g/mol. The molecule has 0 radical (unpaired) electrons. The van der Waals surface area contributed by atoms with Gasteiger partial charge in [-0.15, -0.1) is 0 Å². The quantitative estimate of drug-likeness (QED) is 0.789. The van der Waals surface area contributed by atoms with Gasteiger partial charge >= 0.3 is 5.97 Å². The minimum absolute atomic E-state index is 0.304. The topological polar surface area (TPSA) is 82.2 Å². The normalized spacial score (nSPS) is 21.4. The molecule has 3 rings (SSSR count). The Balaban J connectivity index is 1.73. The van der Waals surface area contributed by atoms with Gasteiger partial charge in [-0.2, -0.15) is 0 Å². The molecule has 1 amide bonds. The lowest BCUT2D eigenvalue weighted by atomic mass is 9.81. The molecule has 0 atom stereocenters. The maximum atomic E-state index is 12.3. The number of hydrogen-bond acceptors (Lipinski definition) is 2. The maximum absolute atomic E-state index is 12.3. The predicted molar refractivity (Wildman–Crippen MR) is 73.7 cm³/mol. The molecule has 0 saturated heterocycles. The standard InChI is InChI=1S/C15H20N2O3/c18-13(12-7-6-11(16-12)10-4-5-10)17-15(14(19)20)8-2-1-3-9-15/h6-7,10,16H,1-5,8-9H2,(H,17,18)(H,19,20). The predicted octanol–water partition coefficient (Wildman–Crippen LogP) is 2.41. The fraction of sp³-hybridized carbons (Fsp3) is 0.600. The van der Waals surface area contributed by atoms with Crippen molar-refractivity contribution in [3.63, 3.8) is 0 Å².